The van der Waals surface area contributed by atoms with Crippen LogP contribution in [0.3, 0.4) is 0 Å². The Labute approximate surface area is 120 Å². The molecule has 4 heteroatoms. The van der Waals surface area contributed by atoms with Gasteiger partial charge in [0.15, 0.2) is 0 Å². The van der Waals surface area contributed by atoms with E-state index in [0.717, 1.165) is 18.9 Å². The zero-order chi connectivity index (χ0) is 14.5. The molecule has 1 atom stereocenters. The second-order valence-corrected chi connectivity index (χ2v) is 5.77. The Morgan fingerprint density at radius 1 is 1.10 bits per heavy atom. The SMILES string of the molecule is CN(C1CCCCCC1)C(CN)c1cc(F)cc(F)c1. The lowest BCUT2D eigenvalue weighted by molar-refractivity contribution is 0.161. The maximum atomic E-state index is 13.4. The Morgan fingerprint density at radius 3 is 2.15 bits per heavy atom. The number of nitrogens with two attached hydrogens (primary N) is 1. The molecule has 0 aliphatic heterocycles. The average molecular weight is 282 g/mol. The molecule has 0 amide bonds. The van der Waals surface area contributed by atoms with Crippen LogP contribution in [-0.4, -0.2) is 24.5 Å². The molecule has 0 bridgehead atoms. The number of halogens is 2. The summed E-state index contributed by atoms with van der Waals surface area (Å²) in [5.41, 5.74) is 6.50. The van der Waals surface area contributed by atoms with Crippen LogP contribution in [0.1, 0.15) is 50.1 Å². The molecule has 1 aromatic carbocycles. The number of likely N-dealkylation sites (N-methyl/N-ethyl adjacent to an activating group) is 1. The molecule has 2 N–H and O–H groups in total. The molecule has 1 saturated carbocycles. The monoisotopic (exact) mass is 282 g/mol. The van der Waals surface area contributed by atoms with Crippen molar-refractivity contribution >= 4 is 0 Å². The Bertz CT molecular complexity index is 408. The molecule has 0 aromatic heterocycles. The average Bonchev–Trinajstić information content (AvgIpc) is 2.67. The Kier molecular flexibility index (Phi) is 5.49. The first-order valence-corrected chi connectivity index (χ1v) is 7.50. The molecule has 20 heavy (non-hydrogen) atoms. The summed E-state index contributed by atoms with van der Waals surface area (Å²) in [5.74, 6) is -1.07. The summed E-state index contributed by atoms with van der Waals surface area (Å²) in [5, 5.41) is 0. The second-order valence-electron chi connectivity index (χ2n) is 5.77. The summed E-state index contributed by atoms with van der Waals surface area (Å²) < 4.78 is 26.8. The van der Waals surface area contributed by atoms with Crippen molar-refractivity contribution in [3.63, 3.8) is 0 Å². The van der Waals surface area contributed by atoms with Crippen molar-refractivity contribution in [3.05, 3.63) is 35.4 Å². The van der Waals surface area contributed by atoms with Gasteiger partial charge in [0.1, 0.15) is 11.6 Å². The van der Waals surface area contributed by atoms with Crippen molar-refractivity contribution in [2.24, 2.45) is 5.73 Å². The third-order valence-corrected chi connectivity index (χ3v) is 4.39. The van der Waals surface area contributed by atoms with Gasteiger partial charge in [0.05, 0.1) is 0 Å². The van der Waals surface area contributed by atoms with E-state index >= 15 is 0 Å². The molecule has 2 nitrogen and oxygen atoms in total. The van der Waals surface area contributed by atoms with Crippen molar-refractivity contribution in [3.8, 4) is 0 Å². The van der Waals surface area contributed by atoms with Gasteiger partial charge in [-0.3, -0.25) is 4.90 Å². The first-order chi connectivity index (χ1) is 9.61. The van der Waals surface area contributed by atoms with Crippen molar-refractivity contribution in [1.82, 2.24) is 4.90 Å². The third-order valence-electron chi connectivity index (χ3n) is 4.39. The molecule has 0 radical (unpaired) electrons. The van der Waals surface area contributed by atoms with Gasteiger partial charge in [0.2, 0.25) is 0 Å². The lowest BCUT2D eigenvalue weighted by atomic mass is 10.0. The van der Waals surface area contributed by atoms with Crippen LogP contribution in [0.25, 0.3) is 0 Å². The highest BCUT2D eigenvalue weighted by atomic mass is 19.1. The van der Waals surface area contributed by atoms with Gasteiger partial charge in [-0.2, -0.15) is 0 Å². The Balaban J connectivity index is 2.17. The fraction of sp³-hybridized carbons (Fsp3) is 0.625. The lowest BCUT2D eigenvalue weighted by Crippen LogP contribution is -2.38. The van der Waals surface area contributed by atoms with Gasteiger partial charge in [0.25, 0.3) is 0 Å². The summed E-state index contributed by atoms with van der Waals surface area (Å²) in [6, 6.07) is 4.03. The fourth-order valence-corrected chi connectivity index (χ4v) is 3.22. The van der Waals surface area contributed by atoms with E-state index in [9.17, 15) is 8.78 Å². The predicted molar refractivity (Wildman–Crippen MR) is 77.4 cm³/mol. The van der Waals surface area contributed by atoms with Gasteiger partial charge in [-0.25, -0.2) is 8.78 Å². The molecule has 0 saturated heterocycles. The highest BCUT2D eigenvalue weighted by molar-refractivity contribution is 5.22. The van der Waals surface area contributed by atoms with E-state index in [-0.39, 0.29) is 6.04 Å². The van der Waals surface area contributed by atoms with Crippen LogP contribution in [0, 0.1) is 11.6 Å². The number of rotatable bonds is 4. The second kappa shape index (κ2) is 7.14. The smallest absolute Gasteiger partial charge is 0.126 e. The van der Waals surface area contributed by atoms with Crippen LogP contribution in [-0.2, 0) is 0 Å². The van der Waals surface area contributed by atoms with Crippen LogP contribution >= 0.6 is 0 Å². The normalized spacial score (nSPS) is 19.1. The summed E-state index contributed by atoms with van der Waals surface area (Å²) in [4.78, 5) is 2.21. The molecule has 1 fully saturated rings. The van der Waals surface area contributed by atoms with Crippen molar-refractivity contribution in [2.45, 2.75) is 50.6 Å². The van der Waals surface area contributed by atoms with E-state index in [2.05, 4.69) is 4.90 Å². The van der Waals surface area contributed by atoms with E-state index in [1.807, 2.05) is 7.05 Å². The van der Waals surface area contributed by atoms with Gasteiger partial charge in [0, 0.05) is 24.7 Å². The highest BCUT2D eigenvalue weighted by Gasteiger charge is 2.24. The molecule has 0 spiro atoms. The lowest BCUT2D eigenvalue weighted by Gasteiger charge is -2.34. The summed E-state index contributed by atoms with van der Waals surface area (Å²) in [7, 11) is 2.02. The largest absolute Gasteiger partial charge is 0.329 e. The number of benzene rings is 1. The minimum Gasteiger partial charge on any atom is -0.329 e. The van der Waals surface area contributed by atoms with E-state index in [0.29, 0.717) is 18.2 Å². The Morgan fingerprint density at radius 2 is 1.65 bits per heavy atom. The van der Waals surface area contributed by atoms with Crippen molar-refractivity contribution in [2.75, 3.05) is 13.6 Å². The summed E-state index contributed by atoms with van der Waals surface area (Å²) >= 11 is 0. The minimum atomic E-state index is -0.535. The van der Waals surface area contributed by atoms with Crippen LogP contribution in [0.5, 0.6) is 0 Å². The zero-order valence-corrected chi connectivity index (χ0v) is 12.1. The molecule has 0 heterocycles. The highest BCUT2D eigenvalue weighted by Crippen LogP contribution is 2.28. The van der Waals surface area contributed by atoms with Gasteiger partial charge in [-0.05, 0) is 37.6 Å². The third kappa shape index (κ3) is 3.76. The van der Waals surface area contributed by atoms with Crippen LogP contribution < -0.4 is 5.73 Å². The molecule has 112 valence electrons. The van der Waals surface area contributed by atoms with Gasteiger partial charge >= 0.3 is 0 Å². The molecule has 1 aliphatic rings. The van der Waals surface area contributed by atoms with Gasteiger partial charge < -0.3 is 5.73 Å². The minimum absolute atomic E-state index is 0.122. The molecule has 1 aromatic rings. The summed E-state index contributed by atoms with van der Waals surface area (Å²) in [6.45, 7) is 0.371. The molecular weight excluding hydrogens is 258 g/mol. The topological polar surface area (TPSA) is 29.3 Å². The van der Waals surface area contributed by atoms with E-state index in [1.54, 1.807) is 0 Å². The molecular formula is C16H24F2N2. The zero-order valence-electron chi connectivity index (χ0n) is 12.1. The van der Waals surface area contributed by atoms with E-state index in [1.165, 1.54) is 37.8 Å². The number of hydrogen-bond donors (Lipinski definition) is 1. The van der Waals surface area contributed by atoms with Crippen molar-refractivity contribution in [1.29, 1.82) is 0 Å². The van der Waals surface area contributed by atoms with Gasteiger partial charge in [-0.15, -0.1) is 0 Å². The van der Waals surface area contributed by atoms with Crippen LogP contribution in [0.15, 0.2) is 18.2 Å². The number of nitrogens with zero attached hydrogens (tertiary/aromatic N) is 1. The summed E-state index contributed by atoms with van der Waals surface area (Å²) in [6.07, 6.45) is 7.31. The predicted octanol–water partition coefficient (Wildman–Crippen LogP) is 3.62. The maximum absolute atomic E-state index is 13.4. The Hall–Kier alpha value is -1.00. The molecule has 2 rings (SSSR count). The fourth-order valence-electron chi connectivity index (χ4n) is 3.22. The van der Waals surface area contributed by atoms with Crippen LogP contribution in [0.4, 0.5) is 8.78 Å². The first kappa shape index (κ1) is 15.4. The quantitative estimate of drug-likeness (QED) is 0.855. The number of hydrogen-bond acceptors (Lipinski definition) is 2. The maximum Gasteiger partial charge on any atom is 0.126 e. The van der Waals surface area contributed by atoms with Crippen LogP contribution in [0.2, 0.25) is 0 Å². The van der Waals surface area contributed by atoms with E-state index in [4.69, 9.17) is 5.73 Å². The first-order valence-electron chi connectivity index (χ1n) is 7.50. The molecule has 1 aliphatic carbocycles. The van der Waals surface area contributed by atoms with Gasteiger partial charge in [-0.1, -0.05) is 25.7 Å². The van der Waals surface area contributed by atoms with Crippen molar-refractivity contribution < 1.29 is 8.78 Å². The van der Waals surface area contributed by atoms with E-state index < -0.39 is 11.6 Å². The molecule has 1 unspecified atom stereocenters. The standard InChI is InChI=1S/C16H24F2N2/c1-20(15-6-4-2-3-5-7-15)16(11-19)12-8-13(17)10-14(18)9-12/h8-10,15-16H,2-7,11,19H2,1H3.